The fourth-order valence-electron chi connectivity index (χ4n) is 2.27. The minimum Gasteiger partial charge on any atom is -0.332 e. The number of aromatic nitrogens is 2. The minimum absolute atomic E-state index is 0.0544. The molecule has 4 heteroatoms. The molecule has 1 aromatic carbocycles. The molecule has 0 bridgehead atoms. The fraction of sp³-hybridized carbons (Fsp3) is 0.429. The highest BCUT2D eigenvalue weighted by atomic mass is 32.1. The van der Waals surface area contributed by atoms with Crippen LogP contribution in [0.4, 0.5) is 0 Å². The monoisotopic (exact) mass is 260 g/mol. The first-order valence-electron chi connectivity index (χ1n) is 6.36. The predicted octanol–water partition coefficient (Wildman–Crippen LogP) is 3.52. The van der Waals surface area contributed by atoms with Gasteiger partial charge in [-0.1, -0.05) is 19.9 Å². The number of fused-ring (bicyclic) bond motifs is 1. The smallest absolute Gasteiger partial charge is 0.262 e. The van der Waals surface area contributed by atoms with Gasteiger partial charge in [0.15, 0.2) is 4.77 Å². The maximum atomic E-state index is 12.5. The third-order valence-electron chi connectivity index (χ3n) is 3.53. The molecule has 0 unspecified atom stereocenters. The van der Waals surface area contributed by atoms with Crippen molar-refractivity contribution in [1.82, 2.24) is 9.55 Å². The number of nitrogens with one attached hydrogen (secondary N) is 1. The molecule has 0 radical (unpaired) electrons. The number of nitrogens with zero attached hydrogens (tertiary/aromatic N) is 1. The first-order chi connectivity index (χ1) is 8.58. The third kappa shape index (κ3) is 1.81. The Morgan fingerprint density at radius 2 is 2.11 bits per heavy atom. The zero-order chi connectivity index (χ0) is 12.9. The van der Waals surface area contributed by atoms with Crippen molar-refractivity contribution in [2.24, 2.45) is 0 Å². The molecule has 1 saturated carbocycles. The molecule has 3 rings (SSSR count). The first-order valence-corrected chi connectivity index (χ1v) is 6.77. The summed E-state index contributed by atoms with van der Waals surface area (Å²) < 4.78 is 2.29. The molecule has 1 fully saturated rings. The van der Waals surface area contributed by atoms with Crippen LogP contribution in [0.1, 0.15) is 44.2 Å². The van der Waals surface area contributed by atoms with Crippen LogP contribution in [-0.2, 0) is 0 Å². The Labute approximate surface area is 110 Å². The van der Waals surface area contributed by atoms with Gasteiger partial charge in [-0.05, 0) is 48.7 Å². The second-order valence-electron chi connectivity index (χ2n) is 5.30. The molecule has 1 heterocycles. The second kappa shape index (κ2) is 4.05. The van der Waals surface area contributed by atoms with E-state index in [2.05, 4.69) is 24.9 Å². The Hall–Kier alpha value is -1.42. The molecule has 0 saturated heterocycles. The summed E-state index contributed by atoms with van der Waals surface area (Å²) in [6.45, 7) is 4.26. The summed E-state index contributed by atoms with van der Waals surface area (Å²) in [6, 6.07) is 6.32. The van der Waals surface area contributed by atoms with Crippen molar-refractivity contribution in [1.29, 1.82) is 0 Å². The van der Waals surface area contributed by atoms with Gasteiger partial charge in [0.05, 0.1) is 10.9 Å². The Kier molecular flexibility index (Phi) is 2.63. The normalized spacial score (nSPS) is 15.5. The maximum Gasteiger partial charge on any atom is 0.262 e. The van der Waals surface area contributed by atoms with Crippen LogP contribution in [0.25, 0.3) is 10.9 Å². The molecule has 18 heavy (non-hydrogen) atoms. The van der Waals surface area contributed by atoms with Gasteiger partial charge in [-0.3, -0.25) is 9.36 Å². The molecule has 94 valence electrons. The van der Waals surface area contributed by atoms with Gasteiger partial charge in [-0.15, -0.1) is 0 Å². The molecule has 0 atom stereocenters. The van der Waals surface area contributed by atoms with Crippen LogP contribution in [0, 0.1) is 4.77 Å². The first kappa shape index (κ1) is 11.7. The lowest BCUT2D eigenvalue weighted by molar-refractivity contribution is 0.685. The maximum absolute atomic E-state index is 12.5. The van der Waals surface area contributed by atoms with Gasteiger partial charge in [-0.25, -0.2) is 0 Å². The van der Waals surface area contributed by atoms with E-state index >= 15 is 0 Å². The highest BCUT2D eigenvalue weighted by Crippen LogP contribution is 2.34. The zero-order valence-electron chi connectivity index (χ0n) is 10.6. The molecular weight excluding hydrogens is 244 g/mol. The summed E-state index contributed by atoms with van der Waals surface area (Å²) in [5.74, 6) is 0.423. The number of benzene rings is 1. The number of hydrogen-bond acceptors (Lipinski definition) is 2. The largest absolute Gasteiger partial charge is 0.332 e. The summed E-state index contributed by atoms with van der Waals surface area (Å²) in [4.78, 5) is 15.6. The van der Waals surface area contributed by atoms with Crippen LogP contribution in [-0.4, -0.2) is 9.55 Å². The van der Waals surface area contributed by atoms with Gasteiger partial charge in [0.2, 0.25) is 0 Å². The molecular formula is C14H16N2OS. The summed E-state index contributed by atoms with van der Waals surface area (Å²) in [7, 11) is 0. The fourth-order valence-corrected chi connectivity index (χ4v) is 2.61. The Bertz CT molecular complexity index is 723. The van der Waals surface area contributed by atoms with E-state index in [0.29, 0.717) is 16.7 Å². The van der Waals surface area contributed by atoms with Crippen LogP contribution in [0.2, 0.25) is 0 Å². The molecule has 1 aliphatic rings. The minimum atomic E-state index is 0.0544. The van der Waals surface area contributed by atoms with E-state index < -0.39 is 0 Å². The van der Waals surface area contributed by atoms with Crippen LogP contribution in [0.3, 0.4) is 0 Å². The van der Waals surface area contributed by atoms with Gasteiger partial charge in [0.25, 0.3) is 5.56 Å². The number of H-pyrrole nitrogens is 1. The molecule has 1 aromatic heterocycles. The average Bonchev–Trinajstić information content (AvgIpc) is 3.13. The van der Waals surface area contributed by atoms with E-state index in [9.17, 15) is 4.79 Å². The van der Waals surface area contributed by atoms with Gasteiger partial charge in [-0.2, -0.15) is 0 Å². The SMILES string of the molecule is CC(C)c1ccc2[nH]c(=S)n(C3CC3)c(=O)c2c1. The average molecular weight is 260 g/mol. The standard InChI is InChI=1S/C14H16N2OS/c1-8(2)9-3-6-12-11(7-9)13(17)16(10-4-5-10)14(18)15-12/h3,6-8,10H,4-5H2,1-2H3,(H,15,18). The van der Waals surface area contributed by atoms with E-state index in [0.717, 1.165) is 23.7 Å². The lowest BCUT2D eigenvalue weighted by Gasteiger charge is -2.09. The van der Waals surface area contributed by atoms with E-state index in [-0.39, 0.29) is 5.56 Å². The van der Waals surface area contributed by atoms with Gasteiger partial charge >= 0.3 is 0 Å². The van der Waals surface area contributed by atoms with Crippen molar-refractivity contribution in [2.75, 3.05) is 0 Å². The lowest BCUT2D eigenvalue weighted by Crippen LogP contribution is -2.21. The Morgan fingerprint density at radius 3 is 2.72 bits per heavy atom. The third-order valence-corrected chi connectivity index (χ3v) is 3.83. The number of hydrogen-bond donors (Lipinski definition) is 1. The molecule has 0 amide bonds. The molecule has 3 nitrogen and oxygen atoms in total. The van der Waals surface area contributed by atoms with E-state index in [1.807, 2.05) is 12.1 Å². The lowest BCUT2D eigenvalue weighted by atomic mass is 10.0. The van der Waals surface area contributed by atoms with Crippen LogP contribution in [0.15, 0.2) is 23.0 Å². The topological polar surface area (TPSA) is 37.8 Å². The molecule has 1 N–H and O–H groups in total. The molecule has 0 aliphatic heterocycles. The van der Waals surface area contributed by atoms with Gasteiger partial charge in [0, 0.05) is 6.04 Å². The molecule has 2 aromatic rings. The van der Waals surface area contributed by atoms with Crippen LogP contribution < -0.4 is 5.56 Å². The van der Waals surface area contributed by atoms with E-state index in [1.165, 1.54) is 5.56 Å². The van der Waals surface area contributed by atoms with Crippen molar-refractivity contribution in [3.8, 4) is 0 Å². The van der Waals surface area contributed by atoms with Crippen molar-refractivity contribution in [3.63, 3.8) is 0 Å². The van der Waals surface area contributed by atoms with Gasteiger partial charge in [0.1, 0.15) is 0 Å². The van der Waals surface area contributed by atoms with E-state index in [1.54, 1.807) is 4.57 Å². The van der Waals surface area contributed by atoms with Gasteiger partial charge < -0.3 is 4.98 Å². The van der Waals surface area contributed by atoms with Crippen molar-refractivity contribution >= 4 is 23.1 Å². The number of rotatable bonds is 2. The van der Waals surface area contributed by atoms with Crippen molar-refractivity contribution in [3.05, 3.63) is 38.9 Å². The second-order valence-corrected chi connectivity index (χ2v) is 5.68. The van der Waals surface area contributed by atoms with Crippen LogP contribution in [0.5, 0.6) is 0 Å². The zero-order valence-corrected chi connectivity index (χ0v) is 11.4. The van der Waals surface area contributed by atoms with Crippen LogP contribution >= 0.6 is 12.2 Å². The van der Waals surface area contributed by atoms with Crippen molar-refractivity contribution < 1.29 is 0 Å². The quantitative estimate of drug-likeness (QED) is 0.839. The summed E-state index contributed by atoms with van der Waals surface area (Å²) >= 11 is 5.28. The summed E-state index contributed by atoms with van der Waals surface area (Å²) in [6.07, 6.45) is 2.12. The molecule has 1 aliphatic carbocycles. The van der Waals surface area contributed by atoms with E-state index in [4.69, 9.17) is 12.2 Å². The highest BCUT2D eigenvalue weighted by molar-refractivity contribution is 7.71. The van der Waals surface area contributed by atoms with Crippen molar-refractivity contribution in [2.45, 2.75) is 38.6 Å². The summed E-state index contributed by atoms with van der Waals surface area (Å²) in [5.41, 5.74) is 2.08. The number of aromatic amines is 1. The highest BCUT2D eigenvalue weighted by Gasteiger charge is 2.26. The Morgan fingerprint density at radius 1 is 1.39 bits per heavy atom. The predicted molar refractivity (Wildman–Crippen MR) is 75.8 cm³/mol. The Balaban J connectivity index is 2.34. The molecule has 0 spiro atoms. The summed E-state index contributed by atoms with van der Waals surface area (Å²) in [5, 5.41) is 0.752.